The smallest absolute Gasteiger partial charge is 0.342 e. The van der Waals surface area contributed by atoms with Crippen molar-refractivity contribution in [2.75, 3.05) is 0 Å². The van der Waals surface area contributed by atoms with Gasteiger partial charge in [-0.3, -0.25) is 0 Å². The summed E-state index contributed by atoms with van der Waals surface area (Å²) in [4.78, 5) is -0.160. The number of hydrogen-bond acceptors (Lipinski definition) is 3. The molecule has 1 aromatic rings. The second-order valence-corrected chi connectivity index (χ2v) is 5.35. The fraction of sp³-hybridized carbons (Fsp3) is 0.333. The summed E-state index contributed by atoms with van der Waals surface area (Å²) in [6.45, 7) is 0. The van der Waals surface area contributed by atoms with Crippen molar-refractivity contribution in [1.29, 1.82) is 0 Å². The van der Waals surface area contributed by atoms with Gasteiger partial charge >= 0.3 is 6.18 Å². The Morgan fingerprint density at radius 3 is 2.12 bits per heavy atom. The van der Waals surface area contributed by atoms with Crippen molar-refractivity contribution in [2.45, 2.75) is 22.6 Å². The molecule has 1 aliphatic heterocycles. The molecule has 0 radical (unpaired) electrons. The van der Waals surface area contributed by atoms with E-state index in [2.05, 4.69) is 4.74 Å². The van der Waals surface area contributed by atoms with Crippen LogP contribution in [-0.2, 0) is 14.6 Å². The first-order valence-electron chi connectivity index (χ1n) is 4.34. The van der Waals surface area contributed by atoms with E-state index >= 15 is 0 Å². The van der Waals surface area contributed by atoms with Gasteiger partial charge < -0.3 is 4.74 Å². The van der Waals surface area contributed by atoms with Gasteiger partial charge in [0.25, 0.3) is 0 Å². The summed E-state index contributed by atoms with van der Waals surface area (Å²) in [6.07, 6.45) is -6.83. The maximum atomic E-state index is 12.1. The molecule has 0 aliphatic carbocycles. The van der Waals surface area contributed by atoms with Crippen molar-refractivity contribution in [3.05, 3.63) is 30.3 Å². The molecule has 0 aromatic heterocycles. The summed E-state index contributed by atoms with van der Waals surface area (Å²) < 4.78 is 63.9. The normalized spacial score (nSPS) is 25.4. The van der Waals surface area contributed by atoms with Gasteiger partial charge in [-0.25, -0.2) is 8.42 Å². The fourth-order valence-corrected chi connectivity index (χ4v) is 2.86. The van der Waals surface area contributed by atoms with Crippen molar-refractivity contribution in [1.82, 2.24) is 0 Å². The number of rotatable bonds is 2. The number of sulfone groups is 1. The lowest BCUT2D eigenvalue weighted by Crippen LogP contribution is -2.22. The van der Waals surface area contributed by atoms with Crippen LogP contribution in [0.4, 0.5) is 13.2 Å². The van der Waals surface area contributed by atoms with Crippen LogP contribution in [0.15, 0.2) is 35.2 Å². The van der Waals surface area contributed by atoms with Crippen LogP contribution in [0.1, 0.15) is 0 Å². The third-order valence-electron chi connectivity index (χ3n) is 2.15. The van der Waals surface area contributed by atoms with Crippen LogP contribution in [0.25, 0.3) is 0 Å². The molecule has 0 bridgehead atoms. The summed E-state index contributed by atoms with van der Waals surface area (Å²) in [5.74, 6) is 0. The Hall–Kier alpha value is -1.08. The van der Waals surface area contributed by atoms with Crippen molar-refractivity contribution in [3.8, 4) is 0 Å². The Balaban J connectivity index is 2.25. The Morgan fingerprint density at radius 1 is 1.12 bits per heavy atom. The Labute approximate surface area is 89.8 Å². The molecule has 0 amide bonds. The average molecular weight is 252 g/mol. The fourth-order valence-electron chi connectivity index (χ4n) is 1.31. The van der Waals surface area contributed by atoms with Gasteiger partial charge in [0.05, 0.1) is 4.90 Å². The second-order valence-electron chi connectivity index (χ2n) is 3.32. The van der Waals surface area contributed by atoms with Gasteiger partial charge in [-0.15, -0.1) is 0 Å². The first-order valence-corrected chi connectivity index (χ1v) is 5.89. The molecule has 2 rings (SSSR count). The summed E-state index contributed by atoms with van der Waals surface area (Å²) in [5, 5.41) is 0. The molecule has 1 saturated heterocycles. The number of alkyl halides is 3. The van der Waals surface area contributed by atoms with Gasteiger partial charge in [-0.1, -0.05) is 18.2 Å². The van der Waals surface area contributed by atoms with E-state index in [-0.39, 0.29) is 4.90 Å². The molecule has 0 saturated carbocycles. The van der Waals surface area contributed by atoms with Gasteiger partial charge in [0.1, 0.15) is 0 Å². The average Bonchev–Trinajstić information content (AvgIpc) is 2.98. The van der Waals surface area contributed by atoms with Gasteiger partial charge in [-0.05, 0) is 12.1 Å². The predicted octanol–water partition coefficient (Wildman–Crippen LogP) is 1.75. The first-order chi connectivity index (χ1) is 7.33. The second kappa shape index (κ2) is 3.46. The summed E-state index contributed by atoms with van der Waals surface area (Å²) in [7, 11) is -4.04. The van der Waals surface area contributed by atoms with Crippen LogP contribution in [0.3, 0.4) is 0 Å². The zero-order valence-corrected chi connectivity index (χ0v) is 8.62. The molecule has 1 aliphatic rings. The third kappa shape index (κ3) is 1.92. The molecule has 0 N–H and O–H groups in total. The van der Waals surface area contributed by atoms with Crippen LogP contribution in [0.5, 0.6) is 0 Å². The largest absolute Gasteiger partial charge is 0.418 e. The first kappa shape index (κ1) is 11.4. The Bertz CT molecular complexity index is 480. The standard InChI is InChI=1S/C9H7F3O3S/c10-9(11,12)7-8(15-7)16(13,14)6-4-2-1-3-5-6/h1-5,7-8H/t7-,8-/m0/s1. The summed E-state index contributed by atoms with van der Waals surface area (Å²) in [5.41, 5.74) is -1.80. The van der Waals surface area contributed by atoms with Crippen LogP contribution in [-0.4, -0.2) is 26.1 Å². The number of ether oxygens (including phenoxy) is 1. The summed E-state index contributed by atoms with van der Waals surface area (Å²) in [6, 6.07) is 6.94. The van der Waals surface area contributed by atoms with Crippen LogP contribution in [0, 0.1) is 0 Å². The van der Waals surface area contributed by atoms with Gasteiger partial charge in [0, 0.05) is 0 Å². The number of benzene rings is 1. The lowest BCUT2D eigenvalue weighted by Gasteiger charge is -2.02. The minimum Gasteiger partial charge on any atom is -0.342 e. The zero-order chi connectivity index (χ0) is 12.0. The van der Waals surface area contributed by atoms with Crippen LogP contribution in [0.2, 0.25) is 0 Å². The molecule has 1 aromatic carbocycles. The quantitative estimate of drug-likeness (QED) is 0.753. The maximum Gasteiger partial charge on any atom is 0.418 e. The van der Waals surface area contributed by atoms with E-state index in [1.165, 1.54) is 24.3 Å². The maximum absolute atomic E-state index is 12.1. The van der Waals surface area contributed by atoms with Crippen LogP contribution >= 0.6 is 0 Å². The highest BCUT2D eigenvalue weighted by Gasteiger charge is 2.64. The Kier molecular flexibility index (Phi) is 2.47. The zero-order valence-electron chi connectivity index (χ0n) is 7.81. The molecule has 88 valence electrons. The van der Waals surface area contributed by atoms with E-state index in [9.17, 15) is 21.6 Å². The van der Waals surface area contributed by atoms with Crippen molar-refractivity contribution >= 4 is 9.84 Å². The van der Waals surface area contributed by atoms with Gasteiger partial charge in [0.2, 0.25) is 9.84 Å². The van der Waals surface area contributed by atoms with Crippen molar-refractivity contribution in [3.63, 3.8) is 0 Å². The lowest BCUT2D eigenvalue weighted by molar-refractivity contribution is -0.146. The van der Waals surface area contributed by atoms with E-state index < -0.39 is 27.6 Å². The minimum absolute atomic E-state index is 0.160. The lowest BCUT2D eigenvalue weighted by atomic mass is 10.4. The predicted molar refractivity (Wildman–Crippen MR) is 48.3 cm³/mol. The topological polar surface area (TPSA) is 46.7 Å². The molecule has 0 spiro atoms. The number of epoxide rings is 1. The number of hydrogen-bond donors (Lipinski definition) is 0. The highest BCUT2D eigenvalue weighted by molar-refractivity contribution is 7.92. The molecule has 7 heteroatoms. The van der Waals surface area contributed by atoms with E-state index in [4.69, 9.17) is 0 Å². The molecule has 1 heterocycles. The van der Waals surface area contributed by atoms with Crippen molar-refractivity contribution < 1.29 is 26.3 Å². The monoisotopic (exact) mass is 252 g/mol. The molecule has 3 nitrogen and oxygen atoms in total. The highest BCUT2D eigenvalue weighted by atomic mass is 32.2. The molecule has 0 unspecified atom stereocenters. The van der Waals surface area contributed by atoms with E-state index in [0.717, 1.165) is 0 Å². The Morgan fingerprint density at radius 2 is 1.69 bits per heavy atom. The SMILES string of the molecule is O=S(=O)(c1ccccc1)[C@@H]1O[C@@H]1C(F)(F)F. The molecular weight excluding hydrogens is 245 g/mol. The van der Waals surface area contributed by atoms with Crippen LogP contribution < -0.4 is 0 Å². The van der Waals surface area contributed by atoms with E-state index in [1.807, 2.05) is 0 Å². The number of halogens is 3. The highest BCUT2D eigenvalue weighted by Crippen LogP contribution is 2.42. The molecule has 16 heavy (non-hydrogen) atoms. The van der Waals surface area contributed by atoms with E-state index in [0.29, 0.717) is 0 Å². The van der Waals surface area contributed by atoms with Gasteiger partial charge in [0.15, 0.2) is 11.5 Å². The summed E-state index contributed by atoms with van der Waals surface area (Å²) >= 11 is 0. The molecular formula is C9H7F3O3S. The van der Waals surface area contributed by atoms with Gasteiger partial charge in [-0.2, -0.15) is 13.2 Å². The molecule has 2 atom stereocenters. The van der Waals surface area contributed by atoms with E-state index in [1.54, 1.807) is 6.07 Å². The third-order valence-corrected chi connectivity index (χ3v) is 4.05. The van der Waals surface area contributed by atoms with Crippen molar-refractivity contribution in [2.24, 2.45) is 0 Å². The minimum atomic E-state index is -4.63. The molecule has 1 fully saturated rings.